The van der Waals surface area contributed by atoms with E-state index in [4.69, 9.17) is 0 Å². The van der Waals surface area contributed by atoms with E-state index < -0.39 is 0 Å². The lowest BCUT2D eigenvalue weighted by Crippen LogP contribution is -2.48. The summed E-state index contributed by atoms with van der Waals surface area (Å²) in [6.45, 7) is 3.00. The molecule has 1 saturated heterocycles. The predicted molar refractivity (Wildman–Crippen MR) is 99.7 cm³/mol. The number of piperazine rings is 1. The van der Waals surface area contributed by atoms with Crippen molar-refractivity contribution in [3.8, 4) is 0 Å². The zero-order valence-corrected chi connectivity index (χ0v) is 15.3. The quantitative estimate of drug-likeness (QED) is 0.658. The van der Waals surface area contributed by atoms with Crippen LogP contribution < -0.4 is 4.90 Å². The molecule has 0 spiro atoms. The number of rotatable bonds is 2. The van der Waals surface area contributed by atoms with E-state index in [1.54, 1.807) is 17.5 Å². The molecule has 7 heteroatoms. The lowest BCUT2D eigenvalue weighted by molar-refractivity contribution is 0.0747. The number of thiazole rings is 1. The van der Waals surface area contributed by atoms with E-state index >= 15 is 0 Å². The summed E-state index contributed by atoms with van der Waals surface area (Å²) in [5, 5.41) is 0.986. The maximum absolute atomic E-state index is 12.6. The van der Waals surface area contributed by atoms with Gasteiger partial charge in [0.05, 0.1) is 0 Å². The summed E-state index contributed by atoms with van der Waals surface area (Å²) in [7, 11) is 0. The number of aromatic nitrogens is 2. The maximum atomic E-state index is 12.6. The highest BCUT2D eigenvalue weighted by molar-refractivity contribution is 9.10. The zero-order valence-electron chi connectivity index (χ0n) is 12.9. The summed E-state index contributed by atoms with van der Waals surface area (Å²) in [4.78, 5) is 26.7. The average Bonchev–Trinajstić information content (AvgIpc) is 3.06. The standard InChI is InChI=1S/C17H15BrN4OS/c18-13-5-3-12(4-6-13)16(23)21-8-10-22(11-9-21)17-20-14-2-1-7-19-15(14)24-17/h1-7H,8-11H2. The molecule has 3 heterocycles. The van der Waals surface area contributed by atoms with E-state index in [-0.39, 0.29) is 5.91 Å². The molecule has 4 rings (SSSR count). The van der Waals surface area contributed by atoms with Crippen LogP contribution in [0.3, 0.4) is 0 Å². The second-order valence-corrected chi connectivity index (χ2v) is 7.48. The van der Waals surface area contributed by atoms with Gasteiger partial charge in [0.25, 0.3) is 5.91 Å². The molecule has 5 nitrogen and oxygen atoms in total. The summed E-state index contributed by atoms with van der Waals surface area (Å²) >= 11 is 5.00. The molecule has 24 heavy (non-hydrogen) atoms. The van der Waals surface area contributed by atoms with Crippen molar-refractivity contribution in [2.45, 2.75) is 0 Å². The fourth-order valence-corrected chi connectivity index (χ4v) is 3.99. The van der Waals surface area contributed by atoms with Crippen LogP contribution in [0.4, 0.5) is 5.13 Å². The Morgan fingerprint density at radius 2 is 1.83 bits per heavy atom. The molecule has 1 aromatic carbocycles. The smallest absolute Gasteiger partial charge is 0.253 e. The third kappa shape index (κ3) is 3.01. The third-order valence-electron chi connectivity index (χ3n) is 4.08. The minimum Gasteiger partial charge on any atom is -0.344 e. The first-order valence-electron chi connectivity index (χ1n) is 7.72. The van der Waals surface area contributed by atoms with Crippen LogP contribution in [-0.4, -0.2) is 47.0 Å². The largest absolute Gasteiger partial charge is 0.344 e. The van der Waals surface area contributed by atoms with Crippen LogP contribution in [0.15, 0.2) is 47.1 Å². The van der Waals surface area contributed by atoms with Crippen LogP contribution in [0.5, 0.6) is 0 Å². The molecule has 1 amide bonds. The number of pyridine rings is 1. The summed E-state index contributed by atoms with van der Waals surface area (Å²) in [6, 6.07) is 11.4. The highest BCUT2D eigenvalue weighted by Crippen LogP contribution is 2.27. The molecule has 1 fully saturated rings. The van der Waals surface area contributed by atoms with Gasteiger partial charge in [-0.1, -0.05) is 27.3 Å². The number of fused-ring (bicyclic) bond motifs is 1. The van der Waals surface area contributed by atoms with E-state index in [2.05, 4.69) is 30.8 Å². The molecule has 1 aliphatic rings. The summed E-state index contributed by atoms with van der Waals surface area (Å²) < 4.78 is 0.980. The summed E-state index contributed by atoms with van der Waals surface area (Å²) in [5.74, 6) is 0.0908. The Labute approximate surface area is 152 Å². The average molecular weight is 403 g/mol. The van der Waals surface area contributed by atoms with Gasteiger partial charge in [0.2, 0.25) is 0 Å². The molecule has 0 unspecified atom stereocenters. The van der Waals surface area contributed by atoms with Gasteiger partial charge in [-0.2, -0.15) is 0 Å². The first-order chi connectivity index (χ1) is 11.7. The Balaban J connectivity index is 1.44. The lowest BCUT2D eigenvalue weighted by atomic mass is 10.2. The molecular weight excluding hydrogens is 388 g/mol. The van der Waals surface area contributed by atoms with Gasteiger partial charge in [0, 0.05) is 42.4 Å². The molecule has 0 bridgehead atoms. The van der Waals surface area contributed by atoms with Crippen LogP contribution in [0.1, 0.15) is 10.4 Å². The van der Waals surface area contributed by atoms with Crippen molar-refractivity contribution in [3.63, 3.8) is 0 Å². The minimum atomic E-state index is 0.0908. The van der Waals surface area contributed by atoms with Gasteiger partial charge < -0.3 is 9.80 Å². The van der Waals surface area contributed by atoms with Gasteiger partial charge in [-0.05, 0) is 36.4 Å². The predicted octanol–water partition coefficient (Wildman–Crippen LogP) is 3.42. The number of amides is 1. The van der Waals surface area contributed by atoms with Crippen LogP contribution >= 0.6 is 27.3 Å². The molecule has 0 aliphatic carbocycles. The molecular formula is C17H15BrN4OS. The summed E-state index contributed by atoms with van der Waals surface area (Å²) in [6.07, 6.45) is 1.79. The van der Waals surface area contributed by atoms with Crippen molar-refractivity contribution in [2.24, 2.45) is 0 Å². The Kier molecular flexibility index (Phi) is 4.20. The van der Waals surface area contributed by atoms with Crippen LogP contribution in [0.25, 0.3) is 10.3 Å². The minimum absolute atomic E-state index is 0.0908. The highest BCUT2D eigenvalue weighted by atomic mass is 79.9. The van der Waals surface area contributed by atoms with Crippen LogP contribution in [0.2, 0.25) is 0 Å². The SMILES string of the molecule is O=C(c1ccc(Br)cc1)N1CCN(c2nc3cccnc3s2)CC1. The molecule has 0 radical (unpaired) electrons. The number of nitrogens with zero attached hydrogens (tertiary/aromatic N) is 4. The summed E-state index contributed by atoms with van der Waals surface area (Å²) in [5.41, 5.74) is 1.67. The van der Waals surface area contributed by atoms with Gasteiger partial charge >= 0.3 is 0 Å². The highest BCUT2D eigenvalue weighted by Gasteiger charge is 2.24. The monoisotopic (exact) mass is 402 g/mol. The number of carbonyl (C=O) groups is 1. The molecule has 2 aromatic heterocycles. The number of halogens is 1. The van der Waals surface area contributed by atoms with E-state index in [0.29, 0.717) is 13.1 Å². The number of carbonyl (C=O) groups excluding carboxylic acids is 1. The topological polar surface area (TPSA) is 49.3 Å². The Morgan fingerprint density at radius 1 is 1.08 bits per heavy atom. The van der Waals surface area contributed by atoms with Gasteiger partial charge in [-0.3, -0.25) is 4.79 Å². The molecule has 0 N–H and O–H groups in total. The maximum Gasteiger partial charge on any atom is 0.253 e. The van der Waals surface area contributed by atoms with Crippen LogP contribution in [-0.2, 0) is 0 Å². The van der Waals surface area contributed by atoms with Crippen molar-refractivity contribution >= 4 is 48.7 Å². The second-order valence-electron chi connectivity index (χ2n) is 5.61. The van der Waals surface area contributed by atoms with Gasteiger partial charge in [-0.25, -0.2) is 9.97 Å². The zero-order chi connectivity index (χ0) is 16.5. The molecule has 0 atom stereocenters. The molecule has 122 valence electrons. The van der Waals surface area contributed by atoms with E-state index in [1.165, 1.54) is 0 Å². The Bertz CT molecular complexity index is 839. The van der Waals surface area contributed by atoms with Gasteiger partial charge in [0.15, 0.2) is 5.13 Å². The van der Waals surface area contributed by atoms with Crippen molar-refractivity contribution < 1.29 is 4.79 Å². The number of anilines is 1. The fraction of sp³-hybridized carbons (Fsp3) is 0.235. The number of hydrogen-bond donors (Lipinski definition) is 0. The molecule has 0 saturated carbocycles. The molecule has 3 aromatic rings. The first-order valence-corrected chi connectivity index (χ1v) is 9.33. The third-order valence-corrected chi connectivity index (χ3v) is 5.65. The van der Waals surface area contributed by atoms with E-state index in [9.17, 15) is 4.79 Å². The lowest BCUT2D eigenvalue weighted by Gasteiger charge is -2.34. The van der Waals surface area contributed by atoms with Crippen molar-refractivity contribution in [2.75, 3.05) is 31.1 Å². The second kappa shape index (κ2) is 6.49. The fourth-order valence-electron chi connectivity index (χ4n) is 2.77. The Hall–Kier alpha value is -1.99. The van der Waals surface area contributed by atoms with E-state index in [0.717, 1.165) is 38.6 Å². The first kappa shape index (κ1) is 15.5. The van der Waals surface area contributed by atoms with Crippen molar-refractivity contribution in [1.29, 1.82) is 0 Å². The van der Waals surface area contributed by atoms with Gasteiger partial charge in [-0.15, -0.1) is 0 Å². The van der Waals surface area contributed by atoms with E-state index in [1.807, 2.05) is 41.3 Å². The number of benzene rings is 1. The normalized spacial score (nSPS) is 15.0. The van der Waals surface area contributed by atoms with Crippen LogP contribution in [0, 0.1) is 0 Å². The number of hydrogen-bond acceptors (Lipinski definition) is 5. The van der Waals surface area contributed by atoms with Crippen molar-refractivity contribution in [3.05, 3.63) is 52.6 Å². The molecule has 1 aliphatic heterocycles. The Morgan fingerprint density at radius 3 is 2.54 bits per heavy atom. The van der Waals surface area contributed by atoms with Crippen molar-refractivity contribution in [1.82, 2.24) is 14.9 Å². The van der Waals surface area contributed by atoms with Gasteiger partial charge in [0.1, 0.15) is 10.3 Å².